The molecule has 2 N–H and O–H groups in total. The van der Waals surface area contributed by atoms with E-state index in [1.807, 2.05) is 10.6 Å². The number of fused-ring (bicyclic) bond motifs is 3. The van der Waals surface area contributed by atoms with Gasteiger partial charge in [0, 0.05) is 11.1 Å². The van der Waals surface area contributed by atoms with E-state index in [9.17, 15) is 14.6 Å². The maximum Gasteiger partial charge on any atom is 0.129 e. The second-order valence-corrected chi connectivity index (χ2v) is 6.77. The molecule has 4 nitrogen and oxygen atoms in total. The van der Waals surface area contributed by atoms with Crippen LogP contribution in [0.4, 0.5) is 4.39 Å². The smallest absolute Gasteiger partial charge is 0.129 e. The van der Waals surface area contributed by atoms with Crippen LogP contribution in [-0.2, 0) is 0 Å². The van der Waals surface area contributed by atoms with Crippen molar-refractivity contribution in [3.05, 3.63) is 42.1 Å². The van der Waals surface area contributed by atoms with Crippen LogP contribution in [0.15, 0.2) is 30.7 Å². The molecule has 2 aromatic rings. The molecule has 1 aromatic carbocycles. The third-order valence-electron chi connectivity index (χ3n) is 5.41. The summed E-state index contributed by atoms with van der Waals surface area (Å²) < 4.78 is 16.3. The minimum atomic E-state index is -0.492. The number of hydrogen-bond donors (Lipinski definition) is 2. The van der Waals surface area contributed by atoms with Gasteiger partial charge in [0.05, 0.1) is 36.5 Å². The Hall–Kier alpha value is -1.72. The maximum absolute atomic E-state index is 14.4. The van der Waals surface area contributed by atoms with Crippen molar-refractivity contribution < 1.29 is 14.6 Å². The molecule has 1 saturated carbocycles. The molecule has 2 atom stereocenters. The fourth-order valence-electron chi connectivity index (χ4n) is 4.14. The van der Waals surface area contributed by atoms with Gasteiger partial charge in [0.2, 0.25) is 0 Å². The monoisotopic (exact) mass is 316 g/mol. The third kappa shape index (κ3) is 2.48. The van der Waals surface area contributed by atoms with Gasteiger partial charge in [-0.05, 0) is 44.1 Å². The van der Waals surface area contributed by atoms with Crippen molar-refractivity contribution >= 4 is 0 Å². The van der Waals surface area contributed by atoms with Crippen LogP contribution in [0.1, 0.15) is 43.7 Å². The second-order valence-electron chi connectivity index (χ2n) is 6.77. The molecule has 0 saturated heterocycles. The summed E-state index contributed by atoms with van der Waals surface area (Å²) in [5.41, 5.74) is 2.45. The van der Waals surface area contributed by atoms with E-state index in [4.69, 9.17) is 0 Å². The first-order chi connectivity index (χ1) is 11.1. The number of aliphatic hydroxyl groups is 2. The highest BCUT2D eigenvalue weighted by molar-refractivity contribution is 5.69. The molecule has 23 heavy (non-hydrogen) atoms. The fourth-order valence-corrected chi connectivity index (χ4v) is 4.14. The van der Waals surface area contributed by atoms with Gasteiger partial charge >= 0.3 is 0 Å². The molecule has 2 aliphatic rings. The Balaban J connectivity index is 1.60. The molecule has 0 amide bonds. The number of aromatic nitrogens is 2. The molecule has 122 valence electrons. The molecule has 1 aliphatic carbocycles. The minimum absolute atomic E-state index is 0.182. The summed E-state index contributed by atoms with van der Waals surface area (Å²) in [5, 5.41) is 20.3. The summed E-state index contributed by atoms with van der Waals surface area (Å²) in [4.78, 5) is 4.18. The second kappa shape index (κ2) is 5.73. The van der Waals surface area contributed by atoms with Gasteiger partial charge in [0.1, 0.15) is 5.82 Å². The van der Waals surface area contributed by atoms with Crippen molar-refractivity contribution in [3.8, 4) is 11.3 Å². The predicted octanol–water partition coefficient (Wildman–Crippen LogP) is 2.89. The largest absolute Gasteiger partial charge is 0.393 e. The van der Waals surface area contributed by atoms with Gasteiger partial charge in [-0.15, -0.1) is 0 Å². The molecule has 5 heteroatoms. The summed E-state index contributed by atoms with van der Waals surface area (Å²) in [6.07, 6.45) is 6.38. The number of aliphatic hydroxyl groups excluding tert-OH is 2. The van der Waals surface area contributed by atoms with Gasteiger partial charge in [-0.25, -0.2) is 9.37 Å². The van der Waals surface area contributed by atoms with E-state index in [0.717, 1.165) is 36.9 Å². The van der Waals surface area contributed by atoms with Crippen LogP contribution in [0, 0.1) is 11.7 Å². The summed E-state index contributed by atoms with van der Waals surface area (Å²) in [6, 6.07) is 4.91. The zero-order chi connectivity index (χ0) is 16.0. The molecule has 1 aliphatic heterocycles. The maximum atomic E-state index is 14.4. The highest BCUT2D eigenvalue weighted by Crippen LogP contribution is 2.43. The lowest BCUT2D eigenvalue weighted by molar-refractivity contribution is 0.0328. The van der Waals surface area contributed by atoms with Gasteiger partial charge in [-0.3, -0.25) is 0 Å². The van der Waals surface area contributed by atoms with E-state index < -0.39 is 6.10 Å². The summed E-state index contributed by atoms with van der Waals surface area (Å²) >= 11 is 0. The molecule has 0 bridgehead atoms. The standard InChI is InChI=1S/C18H21FN2O2/c19-14-3-1-2-13-16-9-20-10-21(16)15(18(13)14)8-17(23)11-4-6-12(22)7-5-11/h1-3,9-12,15,17,22-23H,4-8H2. The van der Waals surface area contributed by atoms with E-state index in [1.165, 1.54) is 6.07 Å². The Labute approximate surface area is 134 Å². The summed E-state index contributed by atoms with van der Waals surface area (Å²) in [7, 11) is 0. The van der Waals surface area contributed by atoms with Crippen molar-refractivity contribution in [2.75, 3.05) is 0 Å². The number of rotatable bonds is 3. The van der Waals surface area contributed by atoms with Gasteiger partial charge in [0.25, 0.3) is 0 Å². The van der Waals surface area contributed by atoms with Crippen LogP contribution < -0.4 is 0 Å². The lowest BCUT2D eigenvalue weighted by Crippen LogP contribution is -2.29. The average molecular weight is 316 g/mol. The van der Waals surface area contributed by atoms with Crippen LogP contribution in [0.5, 0.6) is 0 Å². The Bertz CT molecular complexity index is 707. The quantitative estimate of drug-likeness (QED) is 0.915. The lowest BCUT2D eigenvalue weighted by atomic mass is 9.81. The number of hydrogen-bond acceptors (Lipinski definition) is 3. The van der Waals surface area contributed by atoms with E-state index in [1.54, 1.807) is 18.6 Å². The molecule has 0 spiro atoms. The number of imidazole rings is 1. The number of halogens is 1. The SMILES string of the molecule is OC1CCC(C(O)CC2c3c(F)cccc3-c3cncn32)CC1. The number of benzene rings is 1. The number of nitrogens with zero attached hydrogens (tertiary/aromatic N) is 2. The zero-order valence-electron chi connectivity index (χ0n) is 12.9. The molecule has 1 fully saturated rings. The van der Waals surface area contributed by atoms with Crippen LogP contribution >= 0.6 is 0 Å². The van der Waals surface area contributed by atoms with Gasteiger partial charge < -0.3 is 14.8 Å². The van der Waals surface area contributed by atoms with Crippen LogP contribution in [0.25, 0.3) is 11.3 Å². The molecular weight excluding hydrogens is 295 g/mol. The Morgan fingerprint density at radius 3 is 2.83 bits per heavy atom. The molecular formula is C18H21FN2O2. The van der Waals surface area contributed by atoms with Crippen LogP contribution in [0.3, 0.4) is 0 Å². The van der Waals surface area contributed by atoms with E-state index >= 15 is 0 Å². The van der Waals surface area contributed by atoms with Crippen molar-refractivity contribution in [3.63, 3.8) is 0 Å². The van der Waals surface area contributed by atoms with Crippen LogP contribution in [0.2, 0.25) is 0 Å². The molecule has 0 radical (unpaired) electrons. The Morgan fingerprint density at radius 1 is 1.26 bits per heavy atom. The summed E-state index contributed by atoms with van der Waals surface area (Å²) in [6.45, 7) is 0. The third-order valence-corrected chi connectivity index (χ3v) is 5.41. The molecule has 2 heterocycles. The summed E-state index contributed by atoms with van der Waals surface area (Å²) in [5.74, 6) is -0.0383. The van der Waals surface area contributed by atoms with Crippen molar-refractivity contribution in [2.45, 2.75) is 50.4 Å². The van der Waals surface area contributed by atoms with Crippen LogP contribution in [-0.4, -0.2) is 32.0 Å². The van der Waals surface area contributed by atoms with E-state index in [-0.39, 0.29) is 23.9 Å². The first-order valence-electron chi connectivity index (χ1n) is 8.32. The topological polar surface area (TPSA) is 58.3 Å². The van der Waals surface area contributed by atoms with Gasteiger partial charge in [-0.1, -0.05) is 12.1 Å². The fraction of sp³-hybridized carbons (Fsp3) is 0.500. The molecule has 2 unspecified atom stereocenters. The first kappa shape index (κ1) is 14.8. The zero-order valence-corrected chi connectivity index (χ0v) is 12.9. The van der Waals surface area contributed by atoms with E-state index in [0.29, 0.717) is 12.0 Å². The Morgan fingerprint density at radius 2 is 2.04 bits per heavy atom. The first-order valence-corrected chi connectivity index (χ1v) is 8.32. The predicted molar refractivity (Wildman–Crippen MR) is 84.3 cm³/mol. The molecule has 4 rings (SSSR count). The van der Waals surface area contributed by atoms with Gasteiger partial charge in [-0.2, -0.15) is 0 Å². The van der Waals surface area contributed by atoms with Gasteiger partial charge in [0.15, 0.2) is 0 Å². The van der Waals surface area contributed by atoms with Crippen molar-refractivity contribution in [1.29, 1.82) is 0 Å². The minimum Gasteiger partial charge on any atom is -0.393 e. The lowest BCUT2D eigenvalue weighted by Gasteiger charge is -2.31. The normalized spacial score (nSPS) is 27.5. The van der Waals surface area contributed by atoms with Crippen molar-refractivity contribution in [2.24, 2.45) is 5.92 Å². The molecule has 1 aromatic heterocycles. The highest BCUT2D eigenvalue weighted by Gasteiger charge is 2.35. The average Bonchev–Trinajstić information content (AvgIpc) is 3.12. The van der Waals surface area contributed by atoms with Crippen molar-refractivity contribution in [1.82, 2.24) is 9.55 Å². The highest BCUT2D eigenvalue weighted by atomic mass is 19.1. The van der Waals surface area contributed by atoms with E-state index in [2.05, 4.69) is 4.98 Å². The Kier molecular flexibility index (Phi) is 3.70.